The van der Waals surface area contributed by atoms with E-state index < -0.39 is 78.4 Å². The lowest BCUT2D eigenvalue weighted by molar-refractivity contribution is -0.146. The van der Waals surface area contributed by atoms with Crippen LogP contribution in [0.4, 0.5) is 41.6 Å². The van der Waals surface area contributed by atoms with Crippen LogP contribution in [0.15, 0.2) is 30.3 Å². The smallest absolute Gasteiger partial charge is 0.416 e. The summed E-state index contributed by atoms with van der Waals surface area (Å²) in [4.78, 5) is 42.0. The molecule has 1 aliphatic rings. The summed E-state index contributed by atoms with van der Waals surface area (Å²) in [6.45, 7) is 4.00. The Bertz CT molecular complexity index is 1400. The van der Waals surface area contributed by atoms with Crippen molar-refractivity contribution >= 4 is 23.8 Å². The maximum Gasteiger partial charge on any atom is 0.416 e. The van der Waals surface area contributed by atoms with Crippen molar-refractivity contribution < 1.29 is 64.4 Å². The largest absolute Gasteiger partial charge is 0.493 e. The summed E-state index contributed by atoms with van der Waals surface area (Å²) in [6, 6.07) is 0.944. The fraction of sp³-hybridized carbons (Fsp3) is 0.500. The quantitative estimate of drug-likeness (QED) is 0.159. The first-order valence-electron chi connectivity index (χ1n) is 14.1. The first kappa shape index (κ1) is 36.1. The molecule has 0 fully saturated rings. The van der Waals surface area contributed by atoms with E-state index in [4.69, 9.17) is 23.7 Å². The van der Waals surface area contributed by atoms with Crippen molar-refractivity contribution in [3.63, 3.8) is 0 Å². The minimum absolute atomic E-state index is 0.00539. The lowest BCUT2D eigenvalue weighted by Crippen LogP contribution is -2.53. The van der Waals surface area contributed by atoms with Crippen LogP contribution >= 0.6 is 0 Å². The van der Waals surface area contributed by atoms with Gasteiger partial charge >= 0.3 is 30.5 Å². The molecule has 0 aromatic heterocycles. The van der Waals surface area contributed by atoms with Crippen LogP contribution in [0.3, 0.4) is 0 Å². The molecular formula is C30H34F6N2O8. The Morgan fingerprint density at radius 3 is 1.96 bits per heavy atom. The maximum atomic E-state index is 13.7. The minimum Gasteiger partial charge on any atom is -0.493 e. The summed E-state index contributed by atoms with van der Waals surface area (Å²) in [5.74, 6) is -0.695. The molecule has 1 aliphatic heterocycles. The molecule has 1 unspecified atom stereocenters. The number of alkyl halides is 6. The number of nitrogens with zero attached hydrogens (tertiary/aromatic N) is 2. The summed E-state index contributed by atoms with van der Waals surface area (Å²) in [6.07, 6.45) is -12.9. The second kappa shape index (κ2) is 14.4. The van der Waals surface area contributed by atoms with Gasteiger partial charge in [-0.25, -0.2) is 14.4 Å². The Labute approximate surface area is 261 Å². The second-order valence-electron chi connectivity index (χ2n) is 10.3. The van der Waals surface area contributed by atoms with Crippen LogP contribution in [-0.4, -0.2) is 63.1 Å². The number of hydrogen-bond acceptors (Lipinski definition) is 8. The lowest BCUT2D eigenvalue weighted by atomic mass is 9.89. The maximum absolute atomic E-state index is 13.7. The van der Waals surface area contributed by atoms with Crippen LogP contribution in [-0.2, 0) is 37.9 Å². The molecule has 0 bridgehead atoms. The van der Waals surface area contributed by atoms with E-state index in [2.05, 4.69) is 0 Å². The number of rotatable bonds is 9. The summed E-state index contributed by atoms with van der Waals surface area (Å²) in [7, 11) is 3.58. The summed E-state index contributed by atoms with van der Waals surface area (Å²) < 4.78 is 108. The fourth-order valence-corrected chi connectivity index (χ4v) is 4.97. The average molecular weight is 665 g/mol. The number of halogens is 6. The highest BCUT2D eigenvalue weighted by Crippen LogP contribution is 2.47. The number of anilines is 1. The van der Waals surface area contributed by atoms with Gasteiger partial charge in [0.05, 0.1) is 50.8 Å². The molecule has 2 aromatic carbocycles. The summed E-state index contributed by atoms with van der Waals surface area (Å²) in [5, 5.41) is 0. The molecule has 0 saturated heterocycles. The van der Waals surface area contributed by atoms with Gasteiger partial charge in [-0.05, 0) is 50.1 Å². The van der Waals surface area contributed by atoms with Crippen molar-refractivity contribution in [2.45, 2.75) is 70.7 Å². The van der Waals surface area contributed by atoms with Crippen LogP contribution in [0.25, 0.3) is 0 Å². The van der Waals surface area contributed by atoms with Crippen LogP contribution in [0.1, 0.15) is 61.9 Å². The topological polar surface area (TPSA) is 104 Å². The molecule has 16 heteroatoms. The zero-order chi connectivity index (χ0) is 34.6. The predicted molar refractivity (Wildman–Crippen MR) is 150 cm³/mol. The molecule has 0 spiro atoms. The molecule has 254 valence electrons. The minimum atomic E-state index is -5.14. The van der Waals surface area contributed by atoms with Gasteiger partial charge < -0.3 is 23.7 Å². The van der Waals surface area contributed by atoms with Gasteiger partial charge in [-0.15, -0.1) is 0 Å². The van der Waals surface area contributed by atoms with Crippen molar-refractivity contribution in [1.29, 1.82) is 0 Å². The number of carbonyl (C=O) groups is 3. The number of carbonyl (C=O) groups excluding carboxylic acids is 3. The van der Waals surface area contributed by atoms with Gasteiger partial charge in [-0.2, -0.15) is 26.3 Å². The zero-order valence-electron chi connectivity index (χ0n) is 25.9. The average Bonchev–Trinajstić information content (AvgIpc) is 3.00. The Balaban J connectivity index is 2.30. The standard InChI is InChI=1S/C30H34F6N2O8/c1-7-16(3)46-28(41)38-22-14-25(43-5)24(42-4)12-20(22)21(13-23(38)26(39)45-8-2)37(27(40)44-6)15-17-9-18(29(31,32)33)11-19(10-17)30(34,35)36/h9-12,14,16,21,23H,7-8,13,15H2,1-6H3/t16?,21-,23+/m0/s1. The van der Waals surface area contributed by atoms with E-state index >= 15 is 0 Å². The molecule has 10 nitrogen and oxygen atoms in total. The molecule has 3 rings (SSSR count). The Morgan fingerprint density at radius 1 is 0.913 bits per heavy atom. The van der Waals surface area contributed by atoms with Crippen molar-refractivity contribution in [1.82, 2.24) is 4.90 Å². The van der Waals surface area contributed by atoms with Crippen LogP contribution in [0, 0.1) is 0 Å². The van der Waals surface area contributed by atoms with E-state index in [0.29, 0.717) is 18.6 Å². The van der Waals surface area contributed by atoms with Gasteiger partial charge in [0.25, 0.3) is 0 Å². The van der Waals surface area contributed by atoms with Crippen molar-refractivity contribution in [3.05, 3.63) is 52.6 Å². The van der Waals surface area contributed by atoms with Crippen LogP contribution in [0.5, 0.6) is 11.5 Å². The van der Waals surface area contributed by atoms with Gasteiger partial charge in [-0.1, -0.05) is 6.92 Å². The van der Waals surface area contributed by atoms with E-state index in [1.165, 1.54) is 33.3 Å². The molecule has 0 saturated carbocycles. The van der Waals surface area contributed by atoms with Gasteiger partial charge in [0, 0.05) is 24.6 Å². The Kier molecular flexibility index (Phi) is 11.3. The molecule has 3 atom stereocenters. The molecule has 0 radical (unpaired) electrons. The number of fused-ring (bicyclic) bond motifs is 1. The van der Waals surface area contributed by atoms with Crippen LogP contribution < -0.4 is 14.4 Å². The van der Waals surface area contributed by atoms with Gasteiger partial charge in [0.1, 0.15) is 12.1 Å². The Morgan fingerprint density at radius 2 is 1.48 bits per heavy atom. The van der Waals surface area contributed by atoms with Crippen molar-refractivity contribution in [2.75, 3.05) is 32.8 Å². The van der Waals surface area contributed by atoms with E-state index in [1.54, 1.807) is 13.8 Å². The highest BCUT2D eigenvalue weighted by Gasteiger charge is 2.46. The third kappa shape index (κ3) is 7.88. The number of ether oxygens (including phenoxy) is 5. The molecule has 46 heavy (non-hydrogen) atoms. The predicted octanol–water partition coefficient (Wildman–Crippen LogP) is 7.13. The molecular weight excluding hydrogens is 630 g/mol. The third-order valence-corrected chi connectivity index (χ3v) is 7.33. The number of methoxy groups -OCH3 is 3. The third-order valence-electron chi connectivity index (χ3n) is 7.33. The summed E-state index contributed by atoms with van der Waals surface area (Å²) in [5.41, 5.74) is -3.57. The van der Waals surface area contributed by atoms with E-state index in [1.807, 2.05) is 0 Å². The SMILES string of the molecule is CCOC(=O)[C@H]1C[C@H](N(Cc2cc(C(F)(F)F)cc(C(F)(F)F)c2)C(=O)OC)c2cc(OC)c(OC)cc2N1C(=O)OC(C)CC. The molecule has 0 aliphatic carbocycles. The first-order valence-corrected chi connectivity index (χ1v) is 14.1. The van der Waals surface area contributed by atoms with E-state index in [9.17, 15) is 40.7 Å². The number of hydrogen-bond donors (Lipinski definition) is 0. The number of amides is 2. The highest BCUT2D eigenvalue weighted by molar-refractivity contribution is 5.98. The van der Waals surface area contributed by atoms with E-state index in [-0.39, 0.29) is 35.4 Å². The van der Waals surface area contributed by atoms with Gasteiger partial charge in [-0.3, -0.25) is 9.80 Å². The molecule has 2 aromatic rings. The van der Waals surface area contributed by atoms with Crippen LogP contribution in [0.2, 0.25) is 0 Å². The van der Waals surface area contributed by atoms with Gasteiger partial charge in [0.2, 0.25) is 0 Å². The van der Waals surface area contributed by atoms with Gasteiger partial charge in [0.15, 0.2) is 11.5 Å². The molecule has 2 amide bonds. The monoisotopic (exact) mass is 664 g/mol. The van der Waals surface area contributed by atoms with Crippen molar-refractivity contribution in [3.8, 4) is 11.5 Å². The Hall–Kier alpha value is -4.37. The summed E-state index contributed by atoms with van der Waals surface area (Å²) >= 11 is 0. The fourth-order valence-electron chi connectivity index (χ4n) is 4.97. The van der Waals surface area contributed by atoms with Crippen molar-refractivity contribution in [2.24, 2.45) is 0 Å². The zero-order valence-corrected chi connectivity index (χ0v) is 25.9. The van der Waals surface area contributed by atoms with E-state index in [0.717, 1.165) is 16.9 Å². The molecule has 1 heterocycles. The second-order valence-corrected chi connectivity index (χ2v) is 10.3. The number of esters is 1. The normalized spacial score (nSPS) is 17.0. The number of benzene rings is 2. The molecule has 0 N–H and O–H groups in total. The first-order chi connectivity index (χ1) is 21.5. The lowest BCUT2D eigenvalue weighted by Gasteiger charge is -2.43. The highest BCUT2D eigenvalue weighted by atomic mass is 19.4.